The van der Waals surface area contributed by atoms with Gasteiger partial charge in [-0.1, -0.05) is 37.8 Å². The Kier molecular flexibility index (Phi) is 4.87. The largest absolute Gasteiger partial charge is 0.409 e. The van der Waals surface area contributed by atoms with E-state index in [9.17, 15) is 0 Å². The molecule has 0 amide bonds. The molecule has 18 heavy (non-hydrogen) atoms. The van der Waals surface area contributed by atoms with Crippen molar-refractivity contribution in [2.24, 2.45) is 16.8 Å². The van der Waals surface area contributed by atoms with Crippen LogP contribution in [-0.2, 0) is 0 Å². The molecule has 2 rings (SSSR count). The van der Waals surface area contributed by atoms with E-state index in [4.69, 9.17) is 10.9 Å². The van der Waals surface area contributed by atoms with Crippen LogP contribution in [0.15, 0.2) is 5.16 Å². The molecule has 1 saturated heterocycles. The summed E-state index contributed by atoms with van der Waals surface area (Å²) in [5.74, 6) is 1.21. The summed E-state index contributed by atoms with van der Waals surface area (Å²) >= 11 is 0. The van der Waals surface area contributed by atoms with Crippen molar-refractivity contribution in [3.05, 3.63) is 0 Å². The Labute approximate surface area is 110 Å². The van der Waals surface area contributed by atoms with Crippen molar-refractivity contribution in [1.29, 1.82) is 0 Å². The number of likely N-dealkylation sites (tertiary alicyclic amines) is 1. The molecule has 0 radical (unpaired) electrons. The summed E-state index contributed by atoms with van der Waals surface area (Å²) in [6, 6.07) is 0.815. The van der Waals surface area contributed by atoms with Gasteiger partial charge in [-0.15, -0.1) is 0 Å². The molecule has 1 aliphatic heterocycles. The highest BCUT2D eigenvalue weighted by Gasteiger charge is 2.36. The lowest BCUT2D eigenvalue weighted by atomic mass is 9.80. The molecule has 1 heterocycles. The number of hydrogen-bond donors (Lipinski definition) is 2. The molecule has 3 atom stereocenters. The third-order valence-corrected chi connectivity index (χ3v) is 4.82. The van der Waals surface area contributed by atoms with E-state index >= 15 is 0 Å². The average Bonchev–Trinajstić information content (AvgIpc) is 2.46. The van der Waals surface area contributed by atoms with Gasteiger partial charge in [-0.2, -0.15) is 0 Å². The summed E-state index contributed by atoms with van der Waals surface area (Å²) in [6.07, 6.45) is 10.1. The first-order valence-electron chi connectivity index (χ1n) is 7.51. The summed E-state index contributed by atoms with van der Waals surface area (Å²) in [5, 5.41) is 12.2. The van der Waals surface area contributed by atoms with E-state index in [1.54, 1.807) is 0 Å². The fraction of sp³-hybridized carbons (Fsp3) is 0.929. The van der Waals surface area contributed by atoms with Crippen LogP contribution >= 0.6 is 0 Å². The second-order valence-corrected chi connectivity index (χ2v) is 5.79. The second kappa shape index (κ2) is 6.41. The third kappa shape index (κ3) is 2.79. The van der Waals surface area contributed by atoms with Crippen molar-refractivity contribution in [1.82, 2.24) is 4.90 Å². The number of rotatable bonds is 3. The molecule has 0 aromatic carbocycles. The summed E-state index contributed by atoms with van der Waals surface area (Å²) < 4.78 is 0. The van der Waals surface area contributed by atoms with Crippen LogP contribution in [0.4, 0.5) is 0 Å². The first-order chi connectivity index (χ1) is 8.77. The molecule has 104 valence electrons. The number of oxime groups is 1. The molecule has 2 fully saturated rings. The monoisotopic (exact) mass is 253 g/mol. The SMILES string of the molecule is CCC1CCCCC1N1CCCCC1C(N)=NO. The second-order valence-electron chi connectivity index (χ2n) is 5.79. The van der Waals surface area contributed by atoms with Gasteiger partial charge in [0.2, 0.25) is 0 Å². The molecule has 0 bridgehead atoms. The first kappa shape index (κ1) is 13.7. The maximum Gasteiger partial charge on any atom is 0.156 e. The molecule has 4 nitrogen and oxygen atoms in total. The van der Waals surface area contributed by atoms with Gasteiger partial charge in [-0.3, -0.25) is 4.90 Å². The van der Waals surface area contributed by atoms with Crippen molar-refractivity contribution < 1.29 is 5.21 Å². The Hall–Kier alpha value is -0.770. The van der Waals surface area contributed by atoms with Crippen molar-refractivity contribution in [3.63, 3.8) is 0 Å². The van der Waals surface area contributed by atoms with Gasteiger partial charge in [-0.25, -0.2) is 0 Å². The van der Waals surface area contributed by atoms with Gasteiger partial charge >= 0.3 is 0 Å². The van der Waals surface area contributed by atoms with Crippen molar-refractivity contribution in [3.8, 4) is 0 Å². The molecular weight excluding hydrogens is 226 g/mol. The number of nitrogens with two attached hydrogens (primary N) is 1. The molecule has 3 unspecified atom stereocenters. The van der Waals surface area contributed by atoms with E-state index in [2.05, 4.69) is 17.0 Å². The van der Waals surface area contributed by atoms with Crippen LogP contribution in [0.3, 0.4) is 0 Å². The van der Waals surface area contributed by atoms with Gasteiger partial charge in [0, 0.05) is 6.04 Å². The molecule has 1 aliphatic carbocycles. The Bertz CT molecular complexity index is 293. The lowest BCUT2D eigenvalue weighted by molar-refractivity contribution is 0.0606. The van der Waals surface area contributed by atoms with Crippen LogP contribution in [-0.4, -0.2) is 34.6 Å². The molecule has 0 spiro atoms. The van der Waals surface area contributed by atoms with E-state index in [1.165, 1.54) is 44.9 Å². The fourth-order valence-corrected chi connectivity index (χ4v) is 3.84. The summed E-state index contributed by atoms with van der Waals surface area (Å²) in [6.45, 7) is 3.41. The van der Waals surface area contributed by atoms with Gasteiger partial charge in [0.1, 0.15) is 0 Å². The topological polar surface area (TPSA) is 61.8 Å². The molecule has 2 aliphatic rings. The lowest BCUT2D eigenvalue weighted by Crippen LogP contribution is -2.55. The predicted octanol–water partition coefficient (Wildman–Crippen LogP) is 2.56. The maximum absolute atomic E-state index is 8.96. The zero-order chi connectivity index (χ0) is 13.0. The summed E-state index contributed by atoms with van der Waals surface area (Å²) in [4.78, 5) is 2.53. The van der Waals surface area contributed by atoms with Gasteiger partial charge in [-0.05, 0) is 38.1 Å². The highest BCUT2D eigenvalue weighted by atomic mass is 16.4. The molecule has 3 N–H and O–H groups in total. The van der Waals surface area contributed by atoms with Crippen molar-refractivity contribution in [2.75, 3.05) is 6.54 Å². The van der Waals surface area contributed by atoms with E-state index < -0.39 is 0 Å². The number of piperidine rings is 1. The van der Waals surface area contributed by atoms with Gasteiger partial charge < -0.3 is 10.9 Å². The zero-order valence-electron chi connectivity index (χ0n) is 11.5. The van der Waals surface area contributed by atoms with Crippen LogP contribution in [0.5, 0.6) is 0 Å². The van der Waals surface area contributed by atoms with Crippen LogP contribution in [0, 0.1) is 5.92 Å². The van der Waals surface area contributed by atoms with Crippen molar-refractivity contribution in [2.45, 2.75) is 70.4 Å². The minimum Gasteiger partial charge on any atom is -0.409 e. The first-order valence-corrected chi connectivity index (χ1v) is 7.51. The lowest BCUT2D eigenvalue weighted by Gasteiger charge is -2.45. The van der Waals surface area contributed by atoms with Crippen LogP contribution in [0.1, 0.15) is 58.3 Å². The zero-order valence-corrected chi connectivity index (χ0v) is 11.5. The number of nitrogens with zero attached hydrogens (tertiary/aromatic N) is 2. The number of amidine groups is 1. The Morgan fingerprint density at radius 2 is 1.94 bits per heavy atom. The fourth-order valence-electron chi connectivity index (χ4n) is 3.84. The van der Waals surface area contributed by atoms with Crippen LogP contribution < -0.4 is 5.73 Å². The van der Waals surface area contributed by atoms with Crippen molar-refractivity contribution >= 4 is 5.84 Å². The van der Waals surface area contributed by atoms with Gasteiger partial charge in [0.25, 0.3) is 0 Å². The van der Waals surface area contributed by atoms with E-state index in [-0.39, 0.29) is 6.04 Å². The third-order valence-electron chi connectivity index (χ3n) is 4.82. The molecule has 0 aromatic rings. The maximum atomic E-state index is 8.96. The Morgan fingerprint density at radius 3 is 2.67 bits per heavy atom. The van der Waals surface area contributed by atoms with Gasteiger partial charge in [0.15, 0.2) is 5.84 Å². The standard InChI is InChI=1S/C14H27N3O/c1-2-11-7-3-4-8-12(11)17-10-6-5-9-13(17)14(15)16-18/h11-13,18H,2-10H2,1H3,(H2,15,16). The molecule has 0 aromatic heterocycles. The number of hydrogen-bond acceptors (Lipinski definition) is 3. The highest BCUT2D eigenvalue weighted by Crippen LogP contribution is 2.34. The average molecular weight is 253 g/mol. The highest BCUT2D eigenvalue weighted by molar-refractivity contribution is 5.85. The normalized spacial score (nSPS) is 35.6. The van der Waals surface area contributed by atoms with E-state index in [0.717, 1.165) is 18.9 Å². The smallest absolute Gasteiger partial charge is 0.156 e. The molecule has 1 saturated carbocycles. The van der Waals surface area contributed by atoms with Gasteiger partial charge in [0.05, 0.1) is 6.04 Å². The Morgan fingerprint density at radius 1 is 1.22 bits per heavy atom. The Balaban J connectivity index is 2.11. The minimum atomic E-state index is 0.167. The quantitative estimate of drug-likeness (QED) is 0.352. The van der Waals surface area contributed by atoms with Crippen LogP contribution in [0.25, 0.3) is 0 Å². The predicted molar refractivity (Wildman–Crippen MR) is 73.8 cm³/mol. The molecule has 4 heteroatoms. The van der Waals surface area contributed by atoms with Crippen LogP contribution in [0.2, 0.25) is 0 Å². The van der Waals surface area contributed by atoms with E-state index in [1.807, 2.05) is 0 Å². The summed E-state index contributed by atoms with van der Waals surface area (Å²) in [5.41, 5.74) is 5.89. The molecular formula is C14H27N3O. The summed E-state index contributed by atoms with van der Waals surface area (Å²) in [7, 11) is 0. The van der Waals surface area contributed by atoms with E-state index in [0.29, 0.717) is 11.9 Å². The minimum absolute atomic E-state index is 0.167.